The Morgan fingerprint density at radius 3 is 2.31 bits per heavy atom. The lowest BCUT2D eigenvalue weighted by molar-refractivity contribution is 0.103. The molecule has 2 heterocycles. The van der Waals surface area contributed by atoms with Gasteiger partial charge in [-0.2, -0.15) is 0 Å². The van der Waals surface area contributed by atoms with Gasteiger partial charge in [0.25, 0.3) is 0 Å². The molecule has 188 valence electrons. The van der Waals surface area contributed by atoms with Crippen LogP contribution in [0.15, 0.2) is 94.2 Å². The van der Waals surface area contributed by atoms with E-state index in [2.05, 4.69) is 66.1 Å². The third kappa shape index (κ3) is 3.12. The van der Waals surface area contributed by atoms with Crippen molar-refractivity contribution in [2.24, 2.45) is 0 Å². The van der Waals surface area contributed by atoms with Crippen molar-refractivity contribution in [1.29, 1.82) is 0 Å². The van der Waals surface area contributed by atoms with Gasteiger partial charge in [-0.05, 0) is 72.7 Å². The lowest BCUT2D eigenvalue weighted by Crippen LogP contribution is -2.14. The number of para-hydroxylation sites is 2. The van der Waals surface area contributed by atoms with E-state index < -0.39 is 0 Å². The number of ketones is 1. The van der Waals surface area contributed by atoms with Crippen LogP contribution in [-0.4, -0.2) is 10.4 Å². The summed E-state index contributed by atoms with van der Waals surface area (Å²) in [6.45, 7) is 2.15. The van der Waals surface area contributed by atoms with Crippen LogP contribution in [0.3, 0.4) is 0 Å². The van der Waals surface area contributed by atoms with E-state index in [-0.39, 0.29) is 17.1 Å². The van der Waals surface area contributed by atoms with Crippen LogP contribution in [0.25, 0.3) is 44.5 Å². The SMILES string of the molecule is C[C@@H]1Cc2c(cccc2-n2c3ccccc3c3ccccc32)C(=O)c2cc3oc4c(c(=O)c3cc21)CCC=C4. The van der Waals surface area contributed by atoms with Crippen LogP contribution in [0.2, 0.25) is 0 Å². The zero-order valence-electron chi connectivity index (χ0n) is 21.5. The van der Waals surface area contributed by atoms with Gasteiger partial charge in [0.15, 0.2) is 11.2 Å². The number of benzene rings is 4. The summed E-state index contributed by atoms with van der Waals surface area (Å²) in [6.07, 6.45) is 6.12. The summed E-state index contributed by atoms with van der Waals surface area (Å²) in [5.41, 5.74) is 7.76. The number of allylic oxidation sites excluding steroid dienone is 1. The van der Waals surface area contributed by atoms with Gasteiger partial charge in [0, 0.05) is 27.5 Å². The average molecular weight is 508 g/mol. The Bertz CT molecular complexity index is 2050. The largest absolute Gasteiger partial charge is 0.456 e. The molecule has 0 bridgehead atoms. The number of aromatic nitrogens is 1. The maximum atomic E-state index is 14.2. The number of rotatable bonds is 1. The zero-order valence-corrected chi connectivity index (χ0v) is 21.5. The Morgan fingerprint density at radius 1 is 0.795 bits per heavy atom. The second-order valence-electron chi connectivity index (χ2n) is 10.8. The maximum Gasteiger partial charge on any atom is 0.196 e. The Kier molecular flexibility index (Phi) is 4.66. The number of carbonyl (C=O) groups excluding carboxylic acids is 1. The quantitative estimate of drug-likeness (QED) is 0.229. The highest BCUT2D eigenvalue weighted by Gasteiger charge is 2.30. The minimum absolute atomic E-state index is 0.0192. The molecule has 0 spiro atoms. The molecule has 4 heteroatoms. The Balaban J connectivity index is 1.38. The standard InChI is InChI=1S/C35H25NO3/c1-20-17-26-23(12-8-15-31(26)36-29-13-5-2-9-21(29)22-10-3-6-14-30(22)36)34(37)27-19-33-28(18-25(20)27)35(38)24-11-4-7-16-32(24)39-33/h2-3,5-10,12-16,18-20H,4,11,17H2,1H3/t20-/m1/s1. The first-order valence-corrected chi connectivity index (χ1v) is 13.6. The van der Waals surface area contributed by atoms with Gasteiger partial charge in [0.2, 0.25) is 0 Å². The van der Waals surface area contributed by atoms with Gasteiger partial charge < -0.3 is 8.98 Å². The molecule has 2 aromatic heterocycles. The van der Waals surface area contributed by atoms with Gasteiger partial charge in [0.1, 0.15) is 11.3 Å². The van der Waals surface area contributed by atoms with E-state index in [0.717, 1.165) is 39.8 Å². The molecule has 4 aromatic carbocycles. The number of fused-ring (bicyclic) bond motifs is 7. The van der Waals surface area contributed by atoms with E-state index in [0.29, 0.717) is 40.7 Å². The monoisotopic (exact) mass is 507 g/mol. The van der Waals surface area contributed by atoms with Crippen molar-refractivity contribution in [3.63, 3.8) is 0 Å². The van der Waals surface area contributed by atoms with Crippen molar-refractivity contribution in [1.82, 2.24) is 4.57 Å². The number of hydrogen-bond donors (Lipinski definition) is 0. The second kappa shape index (κ2) is 8.15. The van der Waals surface area contributed by atoms with Crippen molar-refractivity contribution in [3.05, 3.63) is 129 Å². The molecule has 39 heavy (non-hydrogen) atoms. The van der Waals surface area contributed by atoms with Gasteiger partial charge in [0.05, 0.1) is 22.1 Å². The Morgan fingerprint density at radius 2 is 1.54 bits per heavy atom. The summed E-state index contributed by atoms with van der Waals surface area (Å²) in [7, 11) is 0. The van der Waals surface area contributed by atoms with E-state index in [1.54, 1.807) is 6.07 Å². The highest BCUT2D eigenvalue weighted by Crippen LogP contribution is 2.39. The lowest BCUT2D eigenvalue weighted by atomic mass is 9.90. The fourth-order valence-electron chi connectivity index (χ4n) is 6.66. The van der Waals surface area contributed by atoms with Crippen LogP contribution in [0.5, 0.6) is 0 Å². The molecular formula is C35H25NO3. The predicted molar refractivity (Wildman–Crippen MR) is 156 cm³/mol. The first-order chi connectivity index (χ1) is 19.1. The van der Waals surface area contributed by atoms with Crippen LogP contribution in [0.4, 0.5) is 0 Å². The molecular weight excluding hydrogens is 482 g/mol. The van der Waals surface area contributed by atoms with E-state index in [4.69, 9.17) is 4.42 Å². The minimum Gasteiger partial charge on any atom is -0.456 e. The van der Waals surface area contributed by atoms with Crippen LogP contribution in [0, 0.1) is 0 Å². The molecule has 0 unspecified atom stereocenters. The summed E-state index contributed by atoms with van der Waals surface area (Å²) >= 11 is 0. The van der Waals surface area contributed by atoms with Gasteiger partial charge in [-0.3, -0.25) is 9.59 Å². The number of carbonyl (C=O) groups is 1. The molecule has 4 nitrogen and oxygen atoms in total. The van der Waals surface area contributed by atoms with Crippen molar-refractivity contribution in [3.8, 4) is 5.69 Å². The normalized spacial score (nSPS) is 16.3. The summed E-state index contributed by atoms with van der Waals surface area (Å²) in [5, 5.41) is 2.95. The summed E-state index contributed by atoms with van der Waals surface area (Å²) in [5.74, 6) is 0.630. The first-order valence-electron chi connectivity index (χ1n) is 13.6. The van der Waals surface area contributed by atoms with E-state index in [1.165, 1.54) is 10.8 Å². The third-order valence-electron chi connectivity index (χ3n) is 8.52. The van der Waals surface area contributed by atoms with Gasteiger partial charge in [-0.25, -0.2) is 0 Å². The van der Waals surface area contributed by atoms with Gasteiger partial charge in [-0.15, -0.1) is 0 Å². The summed E-state index contributed by atoms with van der Waals surface area (Å²) in [6, 6.07) is 26.6. The van der Waals surface area contributed by atoms with Crippen LogP contribution >= 0.6 is 0 Å². The summed E-state index contributed by atoms with van der Waals surface area (Å²) < 4.78 is 8.47. The van der Waals surface area contributed by atoms with Crippen LogP contribution < -0.4 is 5.43 Å². The van der Waals surface area contributed by atoms with E-state index in [1.807, 2.05) is 30.4 Å². The van der Waals surface area contributed by atoms with Crippen molar-refractivity contribution >= 4 is 44.6 Å². The van der Waals surface area contributed by atoms with E-state index in [9.17, 15) is 9.59 Å². The van der Waals surface area contributed by atoms with Gasteiger partial charge >= 0.3 is 0 Å². The Labute approximate surface area is 224 Å². The fraction of sp³-hybridized carbons (Fsp3) is 0.143. The highest BCUT2D eigenvalue weighted by atomic mass is 16.3. The molecule has 8 rings (SSSR count). The molecule has 0 saturated carbocycles. The van der Waals surface area contributed by atoms with Crippen molar-refractivity contribution < 1.29 is 9.21 Å². The highest BCUT2D eigenvalue weighted by molar-refractivity contribution is 6.14. The summed E-state index contributed by atoms with van der Waals surface area (Å²) in [4.78, 5) is 27.6. The maximum absolute atomic E-state index is 14.2. The van der Waals surface area contributed by atoms with Crippen LogP contribution in [0.1, 0.15) is 57.6 Å². The second-order valence-corrected chi connectivity index (χ2v) is 10.8. The molecule has 0 amide bonds. The number of nitrogens with zero attached hydrogens (tertiary/aromatic N) is 1. The molecule has 0 aliphatic heterocycles. The lowest BCUT2D eigenvalue weighted by Gasteiger charge is -2.17. The predicted octanol–water partition coefficient (Wildman–Crippen LogP) is 7.74. The fourth-order valence-corrected chi connectivity index (χ4v) is 6.66. The molecule has 6 aromatic rings. The van der Waals surface area contributed by atoms with Crippen molar-refractivity contribution in [2.75, 3.05) is 0 Å². The third-order valence-corrected chi connectivity index (χ3v) is 8.52. The van der Waals surface area contributed by atoms with Crippen LogP contribution in [-0.2, 0) is 12.8 Å². The molecule has 0 radical (unpaired) electrons. The molecule has 0 N–H and O–H groups in total. The van der Waals surface area contributed by atoms with Crippen molar-refractivity contribution in [2.45, 2.75) is 32.1 Å². The average Bonchev–Trinajstić information content (AvgIpc) is 3.26. The number of hydrogen-bond acceptors (Lipinski definition) is 3. The topological polar surface area (TPSA) is 52.2 Å². The zero-order chi connectivity index (χ0) is 26.2. The molecule has 0 saturated heterocycles. The van der Waals surface area contributed by atoms with Gasteiger partial charge in [-0.1, -0.05) is 61.5 Å². The minimum atomic E-state index is -0.0234. The smallest absolute Gasteiger partial charge is 0.196 e. The first kappa shape index (κ1) is 22.3. The van der Waals surface area contributed by atoms with E-state index >= 15 is 0 Å². The Hall–Kier alpha value is -4.70. The molecule has 0 fully saturated rings. The molecule has 2 aliphatic rings. The molecule has 1 atom stereocenters. The molecule has 2 aliphatic carbocycles.